The first-order chi connectivity index (χ1) is 19.3. The fourth-order valence-corrected chi connectivity index (χ4v) is 6.23. The lowest BCUT2D eigenvalue weighted by atomic mass is 10.0. The minimum atomic E-state index is -3.79. The third-order valence-electron chi connectivity index (χ3n) is 7.49. The van der Waals surface area contributed by atoms with Gasteiger partial charge < -0.3 is 10.2 Å². The molecule has 0 saturated heterocycles. The molecule has 8 heteroatoms. The van der Waals surface area contributed by atoms with E-state index in [-0.39, 0.29) is 18.5 Å². The molecule has 1 fully saturated rings. The van der Waals surface area contributed by atoms with Crippen molar-refractivity contribution < 1.29 is 18.0 Å². The van der Waals surface area contributed by atoms with Gasteiger partial charge in [-0.15, -0.1) is 0 Å². The zero-order valence-corrected chi connectivity index (χ0v) is 24.1. The Morgan fingerprint density at radius 2 is 1.45 bits per heavy atom. The third-order valence-corrected chi connectivity index (χ3v) is 8.62. The van der Waals surface area contributed by atoms with Gasteiger partial charge in [0.15, 0.2) is 0 Å². The molecule has 4 rings (SSSR count). The second kappa shape index (κ2) is 13.6. The first-order valence-electron chi connectivity index (χ1n) is 14.0. The summed E-state index contributed by atoms with van der Waals surface area (Å²) in [6.07, 6.45) is 6.04. The van der Waals surface area contributed by atoms with Gasteiger partial charge in [0.1, 0.15) is 12.6 Å². The van der Waals surface area contributed by atoms with E-state index < -0.39 is 28.5 Å². The number of nitrogens with one attached hydrogen (secondary N) is 1. The Morgan fingerprint density at radius 3 is 2.05 bits per heavy atom. The highest BCUT2D eigenvalue weighted by molar-refractivity contribution is 7.92. The molecule has 0 heterocycles. The Hall–Kier alpha value is -3.65. The van der Waals surface area contributed by atoms with Crippen molar-refractivity contribution >= 4 is 27.5 Å². The minimum Gasteiger partial charge on any atom is -0.352 e. The number of aryl methyl sites for hydroxylation is 1. The van der Waals surface area contributed by atoms with E-state index in [0.29, 0.717) is 18.5 Å². The molecule has 1 N–H and O–H groups in total. The summed E-state index contributed by atoms with van der Waals surface area (Å²) < 4.78 is 27.2. The third kappa shape index (κ3) is 7.72. The molecule has 0 spiro atoms. The number of hydrogen-bond acceptors (Lipinski definition) is 4. The lowest BCUT2D eigenvalue weighted by molar-refractivity contribution is -0.140. The van der Waals surface area contributed by atoms with Gasteiger partial charge in [-0.3, -0.25) is 13.9 Å². The molecule has 0 bridgehead atoms. The lowest BCUT2D eigenvalue weighted by Crippen LogP contribution is -2.54. The molecule has 3 aromatic carbocycles. The molecule has 7 nitrogen and oxygen atoms in total. The second-order valence-corrected chi connectivity index (χ2v) is 12.4. The topological polar surface area (TPSA) is 86.8 Å². The molecule has 1 aliphatic carbocycles. The van der Waals surface area contributed by atoms with Crippen LogP contribution in [0.1, 0.15) is 49.3 Å². The van der Waals surface area contributed by atoms with Crippen LogP contribution < -0.4 is 9.62 Å². The van der Waals surface area contributed by atoms with E-state index >= 15 is 0 Å². The number of anilines is 1. The van der Waals surface area contributed by atoms with E-state index in [1.807, 2.05) is 79.7 Å². The Morgan fingerprint density at radius 1 is 0.875 bits per heavy atom. The van der Waals surface area contributed by atoms with E-state index in [2.05, 4.69) is 5.32 Å². The number of sulfonamides is 1. The van der Waals surface area contributed by atoms with E-state index in [1.54, 1.807) is 17.0 Å². The monoisotopic (exact) mass is 561 g/mol. The van der Waals surface area contributed by atoms with Crippen LogP contribution in [0, 0.1) is 0 Å². The number of carbonyl (C=O) groups is 2. The van der Waals surface area contributed by atoms with Crippen LogP contribution in [0.3, 0.4) is 0 Å². The molecule has 1 saturated carbocycles. The summed E-state index contributed by atoms with van der Waals surface area (Å²) >= 11 is 0. The van der Waals surface area contributed by atoms with Crippen LogP contribution in [0.5, 0.6) is 0 Å². The summed E-state index contributed by atoms with van der Waals surface area (Å²) in [5, 5.41) is 3.19. The van der Waals surface area contributed by atoms with Crippen molar-refractivity contribution in [1.29, 1.82) is 0 Å². The minimum absolute atomic E-state index is 0.0865. The standard InChI is InChI=1S/C32H39N3O4S/c1-3-27-18-10-13-21-29(27)35(40(2,38)39)24-31(36)34(23-26-16-8-5-9-17-26)30(22-25-14-6-4-7-15-25)32(37)33-28-19-11-12-20-28/h4-10,13-18,21,28,30H,3,11-12,19-20,22-24H2,1-2H3,(H,33,37)/t30-/m1/s1. The smallest absolute Gasteiger partial charge is 0.244 e. The van der Waals surface area contributed by atoms with Crippen molar-refractivity contribution in [2.75, 3.05) is 17.1 Å². The van der Waals surface area contributed by atoms with Crippen LogP contribution in [0.25, 0.3) is 0 Å². The first kappa shape index (κ1) is 29.3. The number of hydrogen-bond donors (Lipinski definition) is 1. The SMILES string of the molecule is CCc1ccccc1N(CC(=O)N(Cc1ccccc1)[C@H](Cc1ccccc1)C(=O)NC1CCCC1)S(C)(=O)=O. The molecule has 0 aliphatic heterocycles. The fourth-order valence-electron chi connectivity index (χ4n) is 5.35. The summed E-state index contributed by atoms with van der Waals surface area (Å²) in [4.78, 5) is 29.6. The van der Waals surface area contributed by atoms with Crippen LogP contribution in [0.2, 0.25) is 0 Å². The van der Waals surface area contributed by atoms with E-state index in [9.17, 15) is 18.0 Å². The van der Waals surface area contributed by atoms with Gasteiger partial charge in [0.05, 0.1) is 11.9 Å². The number of benzene rings is 3. The van der Waals surface area contributed by atoms with Crippen molar-refractivity contribution in [3.63, 3.8) is 0 Å². The van der Waals surface area contributed by atoms with E-state index in [1.165, 1.54) is 4.31 Å². The summed E-state index contributed by atoms with van der Waals surface area (Å²) in [6.45, 7) is 1.74. The Balaban J connectivity index is 1.72. The Kier molecular flexibility index (Phi) is 9.98. The lowest BCUT2D eigenvalue weighted by Gasteiger charge is -2.34. The van der Waals surface area contributed by atoms with Gasteiger partial charge in [0.25, 0.3) is 0 Å². The molecule has 212 valence electrons. The summed E-state index contributed by atoms with van der Waals surface area (Å²) in [5.74, 6) is -0.636. The Labute approximate surface area is 238 Å². The van der Waals surface area contributed by atoms with Crippen LogP contribution in [0.15, 0.2) is 84.9 Å². The maximum Gasteiger partial charge on any atom is 0.244 e. The maximum absolute atomic E-state index is 14.2. The molecule has 2 amide bonds. The maximum atomic E-state index is 14.2. The van der Waals surface area contributed by atoms with Gasteiger partial charge in [-0.25, -0.2) is 8.42 Å². The average Bonchev–Trinajstić information content (AvgIpc) is 3.47. The molecule has 40 heavy (non-hydrogen) atoms. The van der Waals surface area contributed by atoms with Crippen molar-refractivity contribution in [2.24, 2.45) is 0 Å². The van der Waals surface area contributed by atoms with Crippen molar-refractivity contribution in [3.8, 4) is 0 Å². The highest BCUT2D eigenvalue weighted by Gasteiger charge is 2.34. The fraction of sp³-hybridized carbons (Fsp3) is 0.375. The van der Waals surface area contributed by atoms with Gasteiger partial charge in [-0.1, -0.05) is 98.6 Å². The number of carbonyl (C=O) groups excluding carboxylic acids is 2. The molecule has 0 unspecified atom stereocenters. The molecular formula is C32H39N3O4S. The summed E-state index contributed by atoms with van der Waals surface area (Å²) in [5.41, 5.74) is 3.10. The molecule has 0 aromatic heterocycles. The van der Waals surface area contributed by atoms with Crippen LogP contribution >= 0.6 is 0 Å². The molecular weight excluding hydrogens is 522 g/mol. The number of para-hydroxylation sites is 1. The summed E-state index contributed by atoms with van der Waals surface area (Å²) in [6, 6.07) is 25.6. The van der Waals surface area contributed by atoms with E-state index in [4.69, 9.17) is 0 Å². The van der Waals surface area contributed by atoms with Gasteiger partial charge in [0.2, 0.25) is 21.8 Å². The van der Waals surface area contributed by atoms with Gasteiger partial charge in [0, 0.05) is 19.0 Å². The molecule has 3 aromatic rings. The van der Waals surface area contributed by atoms with Gasteiger partial charge in [-0.05, 0) is 42.0 Å². The van der Waals surface area contributed by atoms with Crippen molar-refractivity contribution in [2.45, 2.75) is 64.1 Å². The second-order valence-electron chi connectivity index (χ2n) is 10.5. The number of rotatable bonds is 12. The van der Waals surface area contributed by atoms with Gasteiger partial charge in [-0.2, -0.15) is 0 Å². The molecule has 1 aliphatic rings. The quantitative estimate of drug-likeness (QED) is 0.347. The van der Waals surface area contributed by atoms with Crippen LogP contribution in [-0.4, -0.2) is 50.0 Å². The molecule has 0 radical (unpaired) electrons. The largest absolute Gasteiger partial charge is 0.352 e. The summed E-state index contributed by atoms with van der Waals surface area (Å²) in [7, 11) is -3.79. The first-order valence-corrected chi connectivity index (χ1v) is 15.8. The van der Waals surface area contributed by atoms with Crippen LogP contribution in [0.4, 0.5) is 5.69 Å². The Bertz CT molecular complexity index is 1370. The predicted octanol–water partition coefficient (Wildman–Crippen LogP) is 4.71. The average molecular weight is 562 g/mol. The van der Waals surface area contributed by atoms with Crippen molar-refractivity contribution in [3.05, 3.63) is 102 Å². The zero-order valence-electron chi connectivity index (χ0n) is 23.3. The van der Waals surface area contributed by atoms with Gasteiger partial charge >= 0.3 is 0 Å². The highest BCUT2D eigenvalue weighted by Crippen LogP contribution is 2.25. The number of nitrogens with zero attached hydrogens (tertiary/aromatic N) is 2. The van der Waals surface area contributed by atoms with E-state index in [0.717, 1.165) is 48.6 Å². The number of amides is 2. The normalized spacial score (nSPS) is 14.4. The molecule has 1 atom stereocenters. The predicted molar refractivity (Wildman–Crippen MR) is 159 cm³/mol. The van der Waals surface area contributed by atoms with Crippen LogP contribution in [-0.2, 0) is 39.0 Å². The zero-order chi connectivity index (χ0) is 28.5. The highest BCUT2D eigenvalue weighted by atomic mass is 32.2. The van der Waals surface area contributed by atoms with Crippen molar-refractivity contribution in [1.82, 2.24) is 10.2 Å².